The second kappa shape index (κ2) is 8.39. The number of benzene rings is 1. The lowest BCUT2D eigenvalue weighted by atomic mass is 10.2. The summed E-state index contributed by atoms with van der Waals surface area (Å²) in [6.45, 7) is 2.78. The minimum absolute atomic E-state index is 0.618. The van der Waals surface area contributed by atoms with Crippen LogP contribution in [0.2, 0.25) is 0 Å². The van der Waals surface area contributed by atoms with Gasteiger partial charge in [0.1, 0.15) is 5.82 Å². The predicted molar refractivity (Wildman–Crippen MR) is 84.9 cm³/mol. The fourth-order valence-electron chi connectivity index (χ4n) is 1.95. The van der Waals surface area contributed by atoms with Crippen LogP contribution in [0, 0.1) is 0 Å². The first-order valence-corrected chi connectivity index (χ1v) is 7.10. The number of ether oxygens (including phenoxy) is 2. The Kier molecular flexibility index (Phi) is 6.18. The molecule has 0 spiro atoms. The molecule has 114 valence electrons. The van der Waals surface area contributed by atoms with Gasteiger partial charge < -0.3 is 20.1 Å². The average Bonchev–Trinajstić information content (AvgIpc) is 2.53. The zero-order valence-corrected chi connectivity index (χ0v) is 12.6. The first-order valence-electron chi connectivity index (χ1n) is 7.10. The standard InChI is InChI=1S/C15H22N4O2/c1-16-15-18-13-7-4-3-6-12(13)14(19-15)17-8-5-9-21-11-10-20-2/h3-4,6-7H,5,8-11H2,1-2H3,(H2,16,17,18,19). The summed E-state index contributed by atoms with van der Waals surface area (Å²) in [6.07, 6.45) is 0.914. The normalized spacial score (nSPS) is 10.8. The number of anilines is 2. The number of methoxy groups -OCH3 is 1. The van der Waals surface area contributed by atoms with Crippen molar-refractivity contribution in [1.82, 2.24) is 9.97 Å². The first kappa shape index (κ1) is 15.5. The Balaban J connectivity index is 1.91. The molecule has 0 atom stereocenters. The smallest absolute Gasteiger partial charge is 0.224 e. The molecular weight excluding hydrogens is 268 g/mol. The maximum Gasteiger partial charge on any atom is 0.224 e. The molecule has 6 nitrogen and oxygen atoms in total. The number of para-hydroxylation sites is 1. The van der Waals surface area contributed by atoms with Crippen molar-refractivity contribution < 1.29 is 9.47 Å². The van der Waals surface area contributed by atoms with Gasteiger partial charge in [0.25, 0.3) is 0 Å². The van der Waals surface area contributed by atoms with Crippen molar-refractivity contribution in [2.75, 3.05) is 51.2 Å². The van der Waals surface area contributed by atoms with Crippen molar-refractivity contribution in [3.05, 3.63) is 24.3 Å². The molecule has 0 saturated heterocycles. The number of rotatable bonds is 9. The predicted octanol–water partition coefficient (Wildman–Crippen LogP) is 2.14. The third-order valence-electron chi connectivity index (χ3n) is 3.02. The Labute approximate surface area is 124 Å². The van der Waals surface area contributed by atoms with Gasteiger partial charge in [-0.3, -0.25) is 0 Å². The number of hydrogen-bond donors (Lipinski definition) is 2. The van der Waals surface area contributed by atoms with E-state index in [1.807, 2.05) is 31.3 Å². The van der Waals surface area contributed by atoms with Gasteiger partial charge >= 0.3 is 0 Å². The SMILES string of the molecule is CNc1nc(NCCCOCCOC)c2ccccc2n1. The average molecular weight is 290 g/mol. The third-order valence-corrected chi connectivity index (χ3v) is 3.02. The van der Waals surface area contributed by atoms with E-state index in [0.717, 1.165) is 29.7 Å². The lowest BCUT2D eigenvalue weighted by molar-refractivity contribution is 0.0705. The van der Waals surface area contributed by atoms with Crippen molar-refractivity contribution >= 4 is 22.7 Å². The van der Waals surface area contributed by atoms with Gasteiger partial charge in [0.15, 0.2) is 0 Å². The Morgan fingerprint density at radius 3 is 2.76 bits per heavy atom. The molecule has 6 heteroatoms. The number of hydrogen-bond acceptors (Lipinski definition) is 6. The lowest BCUT2D eigenvalue weighted by Gasteiger charge is -2.10. The fourth-order valence-corrected chi connectivity index (χ4v) is 1.95. The number of nitrogens with one attached hydrogen (secondary N) is 2. The summed E-state index contributed by atoms with van der Waals surface area (Å²) in [7, 11) is 3.49. The Bertz CT molecular complexity index is 562. The quantitative estimate of drug-likeness (QED) is 0.690. The van der Waals surface area contributed by atoms with Crippen LogP contribution in [0.15, 0.2) is 24.3 Å². The maximum absolute atomic E-state index is 5.43. The van der Waals surface area contributed by atoms with E-state index in [4.69, 9.17) is 9.47 Å². The van der Waals surface area contributed by atoms with Gasteiger partial charge in [0.05, 0.1) is 18.7 Å². The van der Waals surface area contributed by atoms with Gasteiger partial charge in [-0.05, 0) is 18.6 Å². The first-order chi connectivity index (χ1) is 10.3. The molecule has 1 aromatic heterocycles. The van der Waals surface area contributed by atoms with Crippen LogP contribution in [0.4, 0.5) is 11.8 Å². The molecule has 1 heterocycles. The van der Waals surface area contributed by atoms with E-state index in [2.05, 4.69) is 20.6 Å². The number of nitrogens with zero attached hydrogens (tertiary/aromatic N) is 2. The molecule has 2 aromatic rings. The van der Waals surface area contributed by atoms with Gasteiger partial charge in [0.2, 0.25) is 5.95 Å². The van der Waals surface area contributed by atoms with Crippen molar-refractivity contribution in [1.29, 1.82) is 0 Å². The maximum atomic E-state index is 5.43. The van der Waals surface area contributed by atoms with Gasteiger partial charge in [0, 0.05) is 32.7 Å². The monoisotopic (exact) mass is 290 g/mol. The van der Waals surface area contributed by atoms with Crippen LogP contribution >= 0.6 is 0 Å². The summed E-state index contributed by atoms with van der Waals surface area (Å²) < 4.78 is 10.4. The Hall–Kier alpha value is -1.92. The molecule has 0 aliphatic heterocycles. The van der Waals surface area contributed by atoms with E-state index in [0.29, 0.717) is 25.8 Å². The molecule has 0 aliphatic carbocycles. The van der Waals surface area contributed by atoms with Crippen LogP contribution in [-0.2, 0) is 9.47 Å². The topological polar surface area (TPSA) is 68.3 Å². The van der Waals surface area contributed by atoms with E-state index in [1.165, 1.54) is 0 Å². The van der Waals surface area contributed by atoms with Gasteiger partial charge in [-0.25, -0.2) is 4.98 Å². The molecule has 2 rings (SSSR count). The van der Waals surface area contributed by atoms with Crippen LogP contribution in [-0.4, -0.2) is 50.5 Å². The minimum Gasteiger partial charge on any atom is -0.382 e. The second-order valence-electron chi connectivity index (χ2n) is 4.55. The molecule has 0 radical (unpaired) electrons. The summed E-state index contributed by atoms with van der Waals surface area (Å²) in [6, 6.07) is 7.97. The largest absolute Gasteiger partial charge is 0.382 e. The molecule has 1 aromatic carbocycles. The van der Waals surface area contributed by atoms with Crippen LogP contribution < -0.4 is 10.6 Å². The van der Waals surface area contributed by atoms with E-state index in [9.17, 15) is 0 Å². The van der Waals surface area contributed by atoms with E-state index in [1.54, 1.807) is 7.11 Å². The van der Waals surface area contributed by atoms with Crippen LogP contribution in [0.25, 0.3) is 10.9 Å². The van der Waals surface area contributed by atoms with E-state index < -0.39 is 0 Å². The highest BCUT2D eigenvalue weighted by Gasteiger charge is 2.05. The molecule has 0 amide bonds. The van der Waals surface area contributed by atoms with E-state index >= 15 is 0 Å². The summed E-state index contributed by atoms with van der Waals surface area (Å²) >= 11 is 0. The van der Waals surface area contributed by atoms with Crippen LogP contribution in [0.3, 0.4) is 0 Å². The van der Waals surface area contributed by atoms with Crippen LogP contribution in [0.1, 0.15) is 6.42 Å². The molecule has 0 saturated carbocycles. The highest BCUT2D eigenvalue weighted by molar-refractivity contribution is 5.89. The van der Waals surface area contributed by atoms with Crippen molar-refractivity contribution in [3.63, 3.8) is 0 Å². The highest BCUT2D eigenvalue weighted by Crippen LogP contribution is 2.21. The Morgan fingerprint density at radius 1 is 1.10 bits per heavy atom. The molecule has 0 fully saturated rings. The molecule has 0 unspecified atom stereocenters. The zero-order valence-electron chi connectivity index (χ0n) is 12.6. The summed E-state index contributed by atoms with van der Waals surface area (Å²) in [5.74, 6) is 1.47. The number of fused-ring (bicyclic) bond motifs is 1. The molecular formula is C15H22N4O2. The van der Waals surface area contributed by atoms with Crippen molar-refractivity contribution in [3.8, 4) is 0 Å². The van der Waals surface area contributed by atoms with Crippen molar-refractivity contribution in [2.24, 2.45) is 0 Å². The molecule has 0 aliphatic rings. The van der Waals surface area contributed by atoms with E-state index in [-0.39, 0.29) is 0 Å². The second-order valence-corrected chi connectivity index (χ2v) is 4.55. The van der Waals surface area contributed by atoms with Crippen molar-refractivity contribution in [2.45, 2.75) is 6.42 Å². The Morgan fingerprint density at radius 2 is 1.95 bits per heavy atom. The van der Waals surface area contributed by atoms with Gasteiger partial charge in [-0.15, -0.1) is 0 Å². The molecule has 21 heavy (non-hydrogen) atoms. The summed E-state index contributed by atoms with van der Waals surface area (Å²) in [5, 5.41) is 7.36. The zero-order chi connectivity index (χ0) is 14.9. The molecule has 0 bridgehead atoms. The number of aromatic nitrogens is 2. The summed E-state index contributed by atoms with van der Waals surface area (Å²) in [5.41, 5.74) is 0.927. The minimum atomic E-state index is 0.618. The summed E-state index contributed by atoms with van der Waals surface area (Å²) in [4.78, 5) is 8.90. The van der Waals surface area contributed by atoms with Gasteiger partial charge in [-0.2, -0.15) is 4.98 Å². The lowest BCUT2D eigenvalue weighted by Crippen LogP contribution is -2.10. The molecule has 2 N–H and O–H groups in total. The highest BCUT2D eigenvalue weighted by atomic mass is 16.5. The van der Waals surface area contributed by atoms with Crippen LogP contribution in [0.5, 0.6) is 0 Å². The fraction of sp³-hybridized carbons (Fsp3) is 0.467. The van der Waals surface area contributed by atoms with Gasteiger partial charge in [-0.1, -0.05) is 12.1 Å². The third kappa shape index (κ3) is 4.54.